The lowest BCUT2D eigenvalue weighted by Gasteiger charge is -2.47. The average molecular weight is 678 g/mol. The van der Waals surface area contributed by atoms with Crippen LogP contribution in [0.2, 0.25) is 0 Å². The molecule has 48 heavy (non-hydrogen) atoms. The number of aliphatic carboxylic acids is 1. The molecule has 4 atom stereocenters. The number of carbonyl (C=O) groups is 6. The van der Waals surface area contributed by atoms with Crippen LogP contribution in [0.5, 0.6) is 11.6 Å². The SMILES string of the molecule is CC(=O)N(C(=O)CN)c1ccc(-c2ncc(C(=O)N(C(=O)C(N)c3ccc(O)cc3)[C@@H]3C(=O)N4[C@@H]3SC(C)(C)[C@@H]4C(=O)O)c(O)n2)cc1. The number of fused-ring (bicyclic) bond motifs is 1. The van der Waals surface area contributed by atoms with Gasteiger partial charge >= 0.3 is 5.97 Å². The number of rotatable bonds is 8. The predicted molar refractivity (Wildman–Crippen MR) is 170 cm³/mol. The largest absolute Gasteiger partial charge is 0.508 e. The Balaban J connectivity index is 1.49. The van der Waals surface area contributed by atoms with Crippen LogP contribution in [0.1, 0.15) is 42.7 Å². The molecule has 7 N–H and O–H groups in total. The van der Waals surface area contributed by atoms with Crippen LogP contribution in [0.15, 0.2) is 54.7 Å². The lowest BCUT2D eigenvalue weighted by atomic mass is 9.94. The number of hydrogen-bond acceptors (Lipinski definition) is 13. The fourth-order valence-corrected chi connectivity index (χ4v) is 7.38. The highest BCUT2D eigenvalue weighted by Crippen LogP contribution is 2.52. The van der Waals surface area contributed by atoms with Crippen LogP contribution in [0.25, 0.3) is 11.4 Å². The summed E-state index contributed by atoms with van der Waals surface area (Å²) in [7, 11) is 0. The Morgan fingerprint density at radius 2 is 1.67 bits per heavy atom. The van der Waals surface area contributed by atoms with E-state index in [1.54, 1.807) is 13.8 Å². The quantitative estimate of drug-likeness (QED) is 0.205. The monoisotopic (exact) mass is 677 g/mol. The first-order chi connectivity index (χ1) is 22.6. The number of aromatic nitrogens is 2. The molecule has 3 aromatic rings. The van der Waals surface area contributed by atoms with Crippen molar-refractivity contribution in [2.75, 3.05) is 11.4 Å². The van der Waals surface area contributed by atoms with Gasteiger partial charge in [-0.15, -0.1) is 11.8 Å². The zero-order valence-electron chi connectivity index (χ0n) is 25.8. The number of aromatic hydroxyl groups is 2. The molecule has 0 saturated carbocycles. The second kappa shape index (κ2) is 12.7. The van der Waals surface area contributed by atoms with Gasteiger partial charge in [0.15, 0.2) is 5.82 Å². The van der Waals surface area contributed by atoms with E-state index in [-0.39, 0.29) is 22.8 Å². The molecule has 2 fully saturated rings. The van der Waals surface area contributed by atoms with Gasteiger partial charge in [0.25, 0.3) is 17.7 Å². The minimum Gasteiger partial charge on any atom is -0.508 e. The molecular weight excluding hydrogens is 646 g/mol. The molecule has 0 aliphatic carbocycles. The van der Waals surface area contributed by atoms with Gasteiger partial charge in [-0.25, -0.2) is 14.7 Å². The van der Waals surface area contributed by atoms with Gasteiger partial charge in [-0.3, -0.25) is 28.9 Å². The molecule has 5 amide bonds. The minimum atomic E-state index is -1.49. The van der Waals surface area contributed by atoms with E-state index in [1.165, 1.54) is 55.5 Å². The van der Waals surface area contributed by atoms with E-state index < -0.39 is 81.7 Å². The van der Waals surface area contributed by atoms with Crippen LogP contribution in [0.3, 0.4) is 0 Å². The van der Waals surface area contributed by atoms with Crippen LogP contribution in [0, 0.1) is 0 Å². The number of phenols is 1. The number of nitrogens with two attached hydrogens (primary N) is 2. The zero-order valence-corrected chi connectivity index (χ0v) is 26.6. The maximum Gasteiger partial charge on any atom is 0.327 e. The van der Waals surface area contributed by atoms with Gasteiger partial charge in [-0.05, 0) is 55.8 Å². The molecule has 0 bridgehead atoms. The summed E-state index contributed by atoms with van der Waals surface area (Å²) in [5, 5.41) is 29.5. The number of imide groups is 2. The Labute approximate surface area is 277 Å². The van der Waals surface area contributed by atoms with Crippen molar-refractivity contribution in [1.82, 2.24) is 19.8 Å². The molecule has 5 rings (SSSR count). The third-order valence-electron chi connectivity index (χ3n) is 8.02. The molecule has 3 heterocycles. The van der Waals surface area contributed by atoms with Gasteiger partial charge in [0.1, 0.15) is 34.8 Å². The predicted octanol–water partition coefficient (Wildman–Crippen LogP) is 0.577. The van der Waals surface area contributed by atoms with E-state index in [0.29, 0.717) is 10.5 Å². The van der Waals surface area contributed by atoms with E-state index in [4.69, 9.17) is 11.5 Å². The number of carbonyl (C=O) groups excluding carboxylic acids is 5. The second-order valence-electron chi connectivity index (χ2n) is 11.6. The Hall–Kier alpha value is -5.39. The molecule has 250 valence electrons. The van der Waals surface area contributed by atoms with Gasteiger partial charge in [0.2, 0.25) is 17.7 Å². The molecule has 2 aliphatic rings. The van der Waals surface area contributed by atoms with Gasteiger partial charge in [0.05, 0.1) is 12.2 Å². The van der Waals surface area contributed by atoms with Gasteiger partial charge in [-0.2, -0.15) is 4.98 Å². The summed E-state index contributed by atoms with van der Waals surface area (Å²) in [5.74, 6) is -6.39. The normalized spacial score (nSPS) is 19.9. The fourth-order valence-electron chi connectivity index (χ4n) is 5.71. The summed E-state index contributed by atoms with van der Waals surface area (Å²) >= 11 is 1.10. The lowest BCUT2D eigenvalue weighted by Crippen LogP contribution is -2.72. The van der Waals surface area contributed by atoms with Crippen LogP contribution in [-0.2, 0) is 24.0 Å². The molecular formula is C31H31N7O9S. The maximum absolute atomic E-state index is 14.1. The van der Waals surface area contributed by atoms with Crippen molar-refractivity contribution in [2.24, 2.45) is 11.5 Å². The summed E-state index contributed by atoms with van der Waals surface area (Å²) in [4.78, 5) is 88.5. The van der Waals surface area contributed by atoms with Crippen molar-refractivity contribution in [2.45, 2.75) is 49.0 Å². The zero-order chi connectivity index (χ0) is 35.2. The molecule has 1 aromatic heterocycles. The highest BCUT2D eigenvalue weighted by molar-refractivity contribution is 8.01. The third kappa shape index (κ3) is 5.82. The first-order valence-electron chi connectivity index (χ1n) is 14.4. The summed E-state index contributed by atoms with van der Waals surface area (Å²) in [5.41, 5.74) is 11.9. The van der Waals surface area contributed by atoms with Crippen LogP contribution in [-0.4, -0.2) is 99.3 Å². The molecule has 0 radical (unpaired) electrons. The minimum absolute atomic E-state index is 0.0582. The number of carboxylic acid groups (broad SMARTS) is 1. The van der Waals surface area contributed by atoms with Crippen LogP contribution in [0.4, 0.5) is 5.69 Å². The van der Waals surface area contributed by atoms with E-state index in [1.807, 2.05) is 0 Å². The number of thioether (sulfide) groups is 1. The van der Waals surface area contributed by atoms with E-state index in [9.17, 15) is 44.1 Å². The molecule has 16 nitrogen and oxygen atoms in total. The van der Waals surface area contributed by atoms with Gasteiger partial charge < -0.3 is 31.7 Å². The van der Waals surface area contributed by atoms with Crippen molar-refractivity contribution in [3.63, 3.8) is 0 Å². The number of β-lactam (4-membered cyclic amide) rings is 1. The summed E-state index contributed by atoms with van der Waals surface area (Å²) < 4.78 is -0.973. The van der Waals surface area contributed by atoms with E-state index in [2.05, 4.69) is 9.97 Å². The van der Waals surface area contributed by atoms with Crippen LogP contribution >= 0.6 is 11.8 Å². The first-order valence-corrected chi connectivity index (χ1v) is 15.3. The highest BCUT2D eigenvalue weighted by Gasteiger charge is 2.67. The summed E-state index contributed by atoms with van der Waals surface area (Å²) in [6, 6.07) is 6.94. The number of anilines is 1. The van der Waals surface area contributed by atoms with Crippen LogP contribution < -0.4 is 16.4 Å². The number of carboxylic acids is 1. The first kappa shape index (κ1) is 34.0. The maximum atomic E-state index is 14.1. The third-order valence-corrected chi connectivity index (χ3v) is 9.58. The highest BCUT2D eigenvalue weighted by atomic mass is 32.2. The number of benzene rings is 2. The summed E-state index contributed by atoms with van der Waals surface area (Å²) in [6.07, 6.45) is 0.965. The molecule has 2 aliphatic heterocycles. The van der Waals surface area contributed by atoms with Crippen molar-refractivity contribution < 1.29 is 44.1 Å². The van der Waals surface area contributed by atoms with Crippen molar-refractivity contribution >= 4 is 53.0 Å². The Kier molecular flexibility index (Phi) is 8.96. The second-order valence-corrected chi connectivity index (χ2v) is 13.3. The van der Waals surface area contributed by atoms with E-state index >= 15 is 0 Å². The van der Waals surface area contributed by atoms with Gasteiger partial charge in [0, 0.05) is 23.4 Å². The molecule has 2 saturated heterocycles. The average Bonchev–Trinajstić information content (AvgIpc) is 3.30. The van der Waals surface area contributed by atoms with Crippen molar-refractivity contribution in [3.05, 3.63) is 65.9 Å². The standard InChI is InChI=1S/C31H31N7O9S/c1-14(39)36(20(41)12-32)17-8-4-16(5-9-17)24-34-13-19(25(42)35-24)26(43)37(27(44)21(33)15-6-10-18(40)11-7-15)22-28(45)38-23(30(46)47)31(2,3)48-29(22)38/h4-11,13,21-23,29,40H,12,32-33H2,1-3H3,(H,46,47)(H,34,35,42)/t21?,22-,23+,29-/m1/s1. The van der Waals surface area contributed by atoms with Crippen molar-refractivity contribution in [3.8, 4) is 23.0 Å². The number of hydrogen-bond donors (Lipinski definition) is 5. The number of amides is 5. The number of nitrogens with zero attached hydrogens (tertiary/aromatic N) is 5. The lowest BCUT2D eigenvalue weighted by molar-refractivity contribution is -0.166. The molecule has 1 unspecified atom stereocenters. The molecule has 2 aromatic carbocycles. The van der Waals surface area contributed by atoms with E-state index in [0.717, 1.165) is 27.8 Å². The number of phenolic OH excluding ortho intramolecular Hbond substituents is 1. The smallest absolute Gasteiger partial charge is 0.327 e. The molecule has 17 heteroatoms. The Morgan fingerprint density at radius 1 is 1.04 bits per heavy atom. The Bertz CT molecular complexity index is 1830. The van der Waals surface area contributed by atoms with Gasteiger partial charge in [-0.1, -0.05) is 12.1 Å². The molecule has 0 spiro atoms. The Morgan fingerprint density at radius 3 is 2.21 bits per heavy atom. The van der Waals surface area contributed by atoms with Crippen molar-refractivity contribution in [1.29, 1.82) is 0 Å². The topological polar surface area (TPSA) is 251 Å². The summed E-state index contributed by atoms with van der Waals surface area (Å²) in [6.45, 7) is 4.08. The fraction of sp³-hybridized carbons (Fsp3) is 0.290.